The number of aromatic nitrogens is 2. The van der Waals surface area contributed by atoms with E-state index in [0.29, 0.717) is 6.10 Å². The summed E-state index contributed by atoms with van der Waals surface area (Å²) in [6.45, 7) is 15.0. The lowest BCUT2D eigenvalue weighted by Crippen LogP contribution is -2.48. The van der Waals surface area contributed by atoms with E-state index in [9.17, 15) is 0 Å². The summed E-state index contributed by atoms with van der Waals surface area (Å²) in [5, 5.41) is 0. The van der Waals surface area contributed by atoms with Gasteiger partial charge in [-0.2, -0.15) is 0 Å². The van der Waals surface area contributed by atoms with Crippen molar-refractivity contribution in [3.63, 3.8) is 0 Å². The standard InChI is InChI=1S/C18H31N3O/c1-14(2)22-9-8-21-12-15(13-21)6-7-16-10-20-17(11-19-16)18(3,4)5/h10-11,14-15H,6-9,12-13H2,1-5H3. The molecule has 0 spiro atoms. The molecule has 4 heteroatoms. The Morgan fingerprint density at radius 3 is 2.50 bits per heavy atom. The molecule has 0 amide bonds. The third kappa shape index (κ3) is 5.33. The minimum atomic E-state index is 0.0814. The third-order valence-corrected chi connectivity index (χ3v) is 4.17. The van der Waals surface area contributed by atoms with Gasteiger partial charge in [0.1, 0.15) is 0 Å². The van der Waals surface area contributed by atoms with Crippen LogP contribution in [0, 0.1) is 5.92 Å². The Morgan fingerprint density at radius 1 is 1.23 bits per heavy atom. The van der Waals surface area contributed by atoms with Gasteiger partial charge in [0.05, 0.1) is 24.1 Å². The van der Waals surface area contributed by atoms with Crippen molar-refractivity contribution < 1.29 is 4.74 Å². The van der Waals surface area contributed by atoms with Crippen molar-refractivity contribution in [1.29, 1.82) is 0 Å². The fraction of sp³-hybridized carbons (Fsp3) is 0.778. The van der Waals surface area contributed by atoms with Gasteiger partial charge in [-0.15, -0.1) is 0 Å². The van der Waals surface area contributed by atoms with Crippen LogP contribution in [-0.2, 0) is 16.6 Å². The SMILES string of the molecule is CC(C)OCCN1CC(CCc2cnc(C(C)(C)C)cn2)C1. The fourth-order valence-electron chi connectivity index (χ4n) is 2.68. The molecule has 0 bridgehead atoms. The molecule has 2 rings (SSSR count). The van der Waals surface area contributed by atoms with E-state index in [1.54, 1.807) is 0 Å². The first kappa shape index (κ1) is 17.4. The van der Waals surface area contributed by atoms with Crippen molar-refractivity contribution in [3.8, 4) is 0 Å². The molecule has 0 saturated carbocycles. The topological polar surface area (TPSA) is 38.2 Å². The number of hydrogen-bond acceptors (Lipinski definition) is 4. The average Bonchev–Trinajstić information content (AvgIpc) is 2.39. The van der Waals surface area contributed by atoms with Gasteiger partial charge in [-0.25, -0.2) is 0 Å². The molecule has 4 nitrogen and oxygen atoms in total. The summed E-state index contributed by atoms with van der Waals surface area (Å²) in [4.78, 5) is 11.6. The first-order valence-corrected chi connectivity index (χ1v) is 8.50. The van der Waals surface area contributed by atoms with E-state index in [-0.39, 0.29) is 5.41 Å². The van der Waals surface area contributed by atoms with Crippen molar-refractivity contribution in [1.82, 2.24) is 14.9 Å². The quantitative estimate of drug-likeness (QED) is 0.776. The van der Waals surface area contributed by atoms with Crippen LogP contribution in [-0.4, -0.2) is 47.2 Å². The zero-order chi connectivity index (χ0) is 16.2. The molecule has 0 aromatic carbocycles. The van der Waals surface area contributed by atoms with Gasteiger partial charge in [-0.1, -0.05) is 20.8 Å². The highest BCUT2D eigenvalue weighted by molar-refractivity contribution is 5.11. The van der Waals surface area contributed by atoms with E-state index in [1.807, 2.05) is 12.4 Å². The van der Waals surface area contributed by atoms with Crippen molar-refractivity contribution in [3.05, 3.63) is 23.8 Å². The summed E-state index contributed by atoms with van der Waals surface area (Å²) in [5.74, 6) is 0.808. The van der Waals surface area contributed by atoms with E-state index in [4.69, 9.17) is 4.74 Å². The highest BCUT2D eigenvalue weighted by atomic mass is 16.5. The van der Waals surface area contributed by atoms with Crippen molar-refractivity contribution in [2.24, 2.45) is 5.92 Å². The lowest BCUT2D eigenvalue weighted by Gasteiger charge is -2.39. The summed E-state index contributed by atoms with van der Waals surface area (Å²) in [6, 6.07) is 0. The first-order chi connectivity index (χ1) is 10.3. The van der Waals surface area contributed by atoms with Crippen LogP contribution in [0.1, 0.15) is 52.4 Å². The average molecular weight is 305 g/mol. The molecule has 124 valence electrons. The van der Waals surface area contributed by atoms with Crippen LogP contribution >= 0.6 is 0 Å². The van der Waals surface area contributed by atoms with Gasteiger partial charge < -0.3 is 9.64 Å². The Labute approximate surface area is 135 Å². The molecule has 1 aromatic heterocycles. The normalized spacial score (nSPS) is 17.0. The predicted octanol–water partition coefficient (Wildman–Crippen LogP) is 3.06. The molecule has 0 aliphatic carbocycles. The molecule has 0 N–H and O–H groups in total. The number of ether oxygens (including phenoxy) is 1. The minimum absolute atomic E-state index is 0.0814. The van der Waals surface area contributed by atoms with E-state index < -0.39 is 0 Å². The Hall–Kier alpha value is -1.00. The highest BCUT2D eigenvalue weighted by Crippen LogP contribution is 2.21. The number of aryl methyl sites for hydroxylation is 1. The minimum Gasteiger partial charge on any atom is -0.377 e. The van der Waals surface area contributed by atoms with Crippen LogP contribution in [0.3, 0.4) is 0 Å². The van der Waals surface area contributed by atoms with Crippen LogP contribution in [0.4, 0.5) is 0 Å². The maximum atomic E-state index is 5.59. The molecule has 1 aromatic rings. The van der Waals surface area contributed by atoms with Gasteiger partial charge in [0.15, 0.2) is 0 Å². The molecule has 0 radical (unpaired) electrons. The van der Waals surface area contributed by atoms with Crippen molar-refractivity contribution >= 4 is 0 Å². The monoisotopic (exact) mass is 305 g/mol. The number of hydrogen-bond donors (Lipinski definition) is 0. The second-order valence-electron chi connectivity index (χ2n) is 7.73. The van der Waals surface area contributed by atoms with E-state index in [2.05, 4.69) is 49.5 Å². The largest absolute Gasteiger partial charge is 0.377 e. The van der Waals surface area contributed by atoms with Gasteiger partial charge in [0.2, 0.25) is 0 Å². The smallest absolute Gasteiger partial charge is 0.0640 e. The van der Waals surface area contributed by atoms with Crippen LogP contribution in [0.5, 0.6) is 0 Å². The Bertz CT molecular complexity index is 444. The van der Waals surface area contributed by atoms with Crippen LogP contribution < -0.4 is 0 Å². The van der Waals surface area contributed by atoms with Gasteiger partial charge in [0.25, 0.3) is 0 Å². The first-order valence-electron chi connectivity index (χ1n) is 8.50. The molecule has 0 unspecified atom stereocenters. The summed E-state index contributed by atoms with van der Waals surface area (Å²) >= 11 is 0. The van der Waals surface area contributed by atoms with Crippen molar-refractivity contribution in [2.75, 3.05) is 26.2 Å². The number of likely N-dealkylation sites (tertiary alicyclic amines) is 1. The van der Waals surface area contributed by atoms with E-state index in [1.165, 1.54) is 19.5 Å². The third-order valence-electron chi connectivity index (χ3n) is 4.17. The lowest BCUT2D eigenvalue weighted by atomic mass is 9.92. The van der Waals surface area contributed by atoms with Gasteiger partial charge in [-0.05, 0) is 32.6 Å². The predicted molar refractivity (Wildman–Crippen MR) is 90.1 cm³/mol. The maximum Gasteiger partial charge on any atom is 0.0640 e. The van der Waals surface area contributed by atoms with Crippen molar-refractivity contribution in [2.45, 2.75) is 59.0 Å². The molecule has 1 aliphatic heterocycles. The van der Waals surface area contributed by atoms with E-state index in [0.717, 1.165) is 36.9 Å². The summed E-state index contributed by atoms with van der Waals surface area (Å²) in [6.07, 6.45) is 6.48. The van der Waals surface area contributed by atoms with E-state index >= 15 is 0 Å². The number of rotatable bonds is 7. The molecule has 0 atom stereocenters. The van der Waals surface area contributed by atoms with Gasteiger partial charge >= 0.3 is 0 Å². The zero-order valence-electron chi connectivity index (χ0n) is 14.8. The molecule has 1 aliphatic rings. The molecule has 1 fully saturated rings. The maximum absolute atomic E-state index is 5.59. The Kier molecular flexibility index (Phi) is 5.93. The second kappa shape index (κ2) is 7.51. The summed E-state index contributed by atoms with van der Waals surface area (Å²) in [5.41, 5.74) is 2.27. The Morgan fingerprint density at radius 2 is 1.95 bits per heavy atom. The molecule has 22 heavy (non-hydrogen) atoms. The van der Waals surface area contributed by atoms with Crippen LogP contribution in [0.25, 0.3) is 0 Å². The molecule has 1 saturated heterocycles. The molecule has 2 heterocycles. The van der Waals surface area contributed by atoms with Gasteiger partial charge in [0, 0.05) is 37.4 Å². The summed E-state index contributed by atoms with van der Waals surface area (Å²) < 4.78 is 5.59. The zero-order valence-corrected chi connectivity index (χ0v) is 14.8. The Balaban J connectivity index is 1.64. The number of nitrogens with zero attached hydrogens (tertiary/aromatic N) is 3. The second-order valence-corrected chi connectivity index (χ2v) is 7.73. The fourth-order valence-corrected chi connectivity index (χ4v) is 2.68. The summed E-state index contributed by atoms with van der Waals surface area (Å²) in [7, 11) is 0. The highest BCUT2D eigenvalue weighted by Gasteiger charge is 2.26. The molecular weight excluding hydrogens is 274 g/mol. The van der Waals surface area contributed by atoms with Crippen LogP contribution in [0.2, 0.25) is 0 Å². The van der Waals surface area contributed by atoms with Gasteiger partial charge in [-0.3, -0.25) is 9.97 Å². The molecular formula is C18H31N3O. The van der Waals surface area contributed by atoms with Crippen LogP contribution in [0.15, 0.2) is 12.4 Å². The lowest BCUT2D eigenvalue weighted by molar-refractivity contribution is 0.0229.